The predicted octanol–water partition coefficient (Wildman–Crippen LogP) is -6.26. The third-order valence-corrected chi connectivity index (χ3v) is 6.84. The van der Waals surface area contributed by atoms with Crippen molar-refractivity contribution >= 4 is 11.8 Å². The second-order valence-corrected chi connectivity index (χ2v) is 9.83. The first-order chi connectivity index (χ1) is 18.3. The van der Waals surface area contributed by atoms with Gasteiger partial charge in [-0.05, 0) is 6.92 Å². The molecule has 0 spiro atoms. The summed E-state index contributed by atoms with van der Waals surface area (Å²) < 4.78 is 27.7. The SMILES string of the molecule is CC(=O)N[C@@H]1[C@@H](O)[C@@H](O)[C@@H](CO[C@@H]2O[C@H](CO)[C@@H](O)[C@H](O[C@@H]3O[C@@H](C)[C@@H](O)[C@@H](O)[C@@H]3O)[C@H]2NC(C)=O)O[C@@H]1O. The molecular formula is C22H38N2O15. The molecule has 0 saturated carbocycles. The van der Waals surface area contributed by atoms with Crippen LogP contribution in [0.5, 0.6) is 0 Å². The van der Waals surface area contributed by atoms with Crippen LogP contribution in [0.3, 0.4) is 0 Å². The average Bonchev–Trinajstić information content (AvgIpc) is 2.87. The molecule has 0 aliphatic carbocycles. The molecule has 0 bridgehead atoms. The fourth-order valence-corrected chi connectivity index (χ4v) is 4.71. The number of carbonyl (C=O) groups excluding carboxylic acids is 2. The molecule has 3 aliphatic rings. The lowest BCUT2D eigenvalue weighted by Gasteiger charge is -2.47. The van der Waals surface area contributed by atoms with E-state index >= 15 is 0 Å². The number of nitrogens with one attached hydrogen (secondary N) is 2. The molecular weight excluding hydrogens is 532 g/mol. The largest absolute Gasteiger partial charge is 0.394 e. The minimum Gasteiger partial charge on any atom is -0.394 e. The number of aliphatic hydroxyl groups excluding tert-OH is 8. The molecule has 226 valence electrons. The highest BCUT2D eigenvalue weighted by Gasteiger charge is 2.52. The molecule has 2 amide bonds. The van der Waals surface area contributed by atoms with Gasteiger partial charge < -0.3 is 75.2 Å². The molecule has 3 heterocycles. The molecule has 0 aromatic heterocycles. The zero-order chi connectivity index (χ0) is 29.2. The van der Waals surface area contributed by atoms with Crippen molar-refractivity contribution in [1.29, 1.82) is 0 Å². The zero-order valence-electron chi connectivity index (χ0n) is 21.5. The molecule has 3 saturated heterocycles. The van der Waals surface area contributed by atoms with E-state index in [0.29, 0.717) is 0 Å². The summed E-state index contributed by atoms with van der Waals surface area (Å²) >= 11 is 0. The number of ether oxygens (including phenoxy) is 5. The van der Waals surface area contributed by atoms with E-state index in [2.05, 4.69) is 10.6 Å². The van der Waals surface area contributed by atoms with E-state index in [1.165, 1.54) is 6.92 Å². The first-order valence-corrected chi connectivity index (χ1v) is 12.4. The normalized spacial score (nSPS) is 46.9. The summed E-state index contributed by atoms with van der Waals surface area (Å²) in [6.45, 7) is 2.43. The van der Waals surface area contributed by atoms with Gasteiger partial charge in [0.1, 0.15) is 67.0 Å². The second kappa shape index (κ2) is 13.4. The van der Waals surface area contributed by atoms with E-state index in [1.54, 1.807) is 0 Å². The quantitative estimate of drug-likeness (QED) is 0.130. The maximum Gasteiger partial charge on any atom is 0.217 e. The Morgan fingerprint density at radius 2 is 1.33 bits per heavy atom. The van der Waals surface area contributed by atoms with Crippen LogP contribution in [0, 0.1) is 0 Å². The van der Waals surface area contributed by atoms with E-state index in [0.717, 1.165) is 13.8 Å². The number of aliphatic hydroxyl groups is 8. The van der Waals surface area contributed by atoms with Crippen LogP contribution in [0.15, 0.2) is 0 Å². The van der Waals surface area contributed by atoms with Gasteiger partial charge in [-0.15, -0.1) is 0 Å². The highest BCUT2D eigenvalue weighted by Crippen LogP contribution is 2.30. The lowest BCUT2D eigenvalue weighted by atomic mass is 9.95. The Balaban J connectivity index is 1.78. The summed E-state index contributed by atoms with van der Waals surface area (Å²) in [7, 11) is 0. The third kappa shape index (κ3) is 7.20. The van der Waals surface area contributed by atoms with E-state index in [-0.39, 0.29) is 0 Å². The van der Waals surface area contributed by atoms with Gasteiger partial charge in [0.25, 0.3) is 0 Å². The number of amides is 2. The van der Waals surface area contributed by atoms with Crippen LogP contribution in [0.1, 0.15) is 20.8 Å². The van der Waals surface area contributed by atoms with Crippen LogP contribution in [0.2, 0.25) is 0 Å². The second-order valence-electron chi connectivity index (χ2n) is 9.83. The minimum absolute atomic E-state index is 0.547. The molecule has 0 radical (unpaired) electrons. The Morgan fingerprint density at radius 1 is 0.718 bits per heavy atom. The fraction of sp³-hybridized carbons (Fsp3) is 0.909. The highest BCUT2D eigenvalue weighted by atomic mass is 16.7. The number of carbonyl (C=O) groups is 2. The molecule has 10 N–H and O–H groups in total. The zero-order valence-corrected chi connectivity index (χ0v) is 21.5. The summed E-state index contributed by atoms with van der Waals surface area (Å²) in [4.78, 5) is 23.3. The molecule has 17 nitrogen and oxygen atoms in total. The van der Waals surface area contributed by atoms with Crippen molar-refractivity contribution in [1.82, 2.24) is 10.6 Å². The highest BCUT2D eigenvalue weighted by molar-refractivity contribution is 5.73. The third-order valence-electron chi connectivity index (χ3n) is 6.84. The van der Waals surface area contributed by atoms with E-state index in [4.69, 9.17) is 23.7 Å². The van der Waals surface area contributed by atoms with Crippen molar-refractivity contribution in [3.63, 3.8) is 0 Å². The monoisotopic (exact) mass is 570 g/mol. The van der Waals surface area contributed by atoms with Crippen molar-refractivity contribution in [2.24, 2.45) is 0 Å². The first-order valence-electron chi connectivity index (χ1n) is 12.4. The molecule has 0 aromatic carbocycles. The lowest BCUT2D eigenvalue weighted by molar-refractivity contribution is -0.344. The first kappa shape index (κ1) is 31.9. The fourth-order valence-electron chi connectivity index (χ4n) is 4.71. The van der Waals surface area contributed by atoms with Crippen LogP contribution < -0.4 is 10.6 Å². The summed E-state index contributed by atoms with van der Waals surface area (Å²) in [6.07, 6.45) is -19.6. The summed E-state index contributed by atoms with van der Waals surface area (Å²) in [6, 6.07) is -2.64. The maximum atomic E-state index is 12.0. The van der Waals surface area contributed by atoms with Gasteiger partial charge in [-0.3, -0.25) is 9.59 Å². The Morgan fingerprint density at radius 3 is 1.92 bits per heavy atom. The Kier molecular flexibility index (Phi) is 11.0. The van der Waals surface area contributed by atoms with Gasteiger partial charge in [-0.25, -0.2) is 0 Å². The molecule has 3 aliphatic heterocycles. The van der Waals surface area contributed by atoms with Crippen LogP contribution in [0.4, 0.5) is 0 Å². The van der Waals surface area contributed by atoms with Crippen LogP contribution in [-0.2, 0) is 33.3 Å². The van der Waals surface area contributed by atoms with Gasteiger partial charge >= 0.3 is 0 Å². The van der Waals surface area contributed by atoms with Gasteiger partial charge in [0.2, 0.25) is 11.8 Å². The minimum atomic E-state index is -1.75. The summed E-state index contributed by atoms with van der Waals surface area (Å²) in [5.74, 6) is -1.20. The molecule has 3 rings (SSSR count). The van der Waals surface area contributed by atoms with Crippen molar-refractivity contribution in [3.8, 4) is 0 Å². The van der Waals surface area contributed by atoms with Crippen molar-refractivity contribution in [2.45, 2.75) is 113 Å². The van der Waals surface area contributed by atoms with Crippen molar-refractivity contribution in [2.75, 3.05) is 13.2 Å². The smallest absolute Gasteiger partial charge is 0.217 e. The van der Waals surface area contributed by atoms with Gasteiger partial charge in [-0.1, -0.05) is 0 Å². The average molecular weight is 571 g/mol. The molecule has 0 unspecified atom stereocenters. The Bertz CT molecular complexity index is 837. The summed E-state index contributed by atoms with van der Waals surface area (Å²) in [5, 5.41) is 86.8. The van der Waals surface area contributed by atoms with Crippen LogP contribution in [-0.4, -0.2) is 158 Å². The Labute approximate surface area is 223 Å². The van der Waals surface area contributed by atoms with E-state index < -0.39 is 117 Å². The van der Waals surface area contributed by atoms with Gasteiger partial charge in [-0.2, -0.15) is 0 Å². The maximum absolute atomic E-state index is 12.0. The standard InChI is InChI=1S/C22H38N2O15/c1-6-13(28)17(32)18(33)22(36-6)39-19-12(24-8(3)27)21(38-9(4-25)15(19)30)35-5-10-14(29)16(31)11(20(34)37-10)23-7(2)26/h6,9-22,25,28-34H,4-5H2,1-3H3,(H,23,26)(H,24,27)/t6-,9+,10+,11+,12+,13+,14-,15+,16+,17+,18-,19+,20-,21+,22-/m0/s1. The molecule has 39 heavy (non-hydrogen) atoms. The van der Waals surface area contributed by atoms with Gasteiger partial charge in [0, 0.05) is 13.8 Å². The van der Waals surface area contributed by atoms with Crippen LogP contribution in [0.25, 0.3) is 0 Å². The number of hydrogen-bond acceptors (Lipinski definition) is 15. The summed E-state index contributed by atoms with van der Waals surface area (Å²) in [5.41, 5.74) is 0. The molecule has 0 aromatic rings. The van der Waals surface area contributed by atoms with Crippen molar-refractivity contribution in [3.05, 3.63) is 0 Å². The van der Waals surface area contributed by atoms with Crippen molar-refractivity contribution < 1.29 is 74.1 Å². The number of rotatable bonds is 8. The van der Waals surface area contributed by atoms with Gasteiger partial charge in [0.15, 0.2) is 18.9 Å². The van der Waals surface area contributed by atoms with Gasteiger partial charge in [0.05, 0.1) is 19.3 Å². The number of hydrogen-bond donors (Lipinski definition) is 10. The van der Waals surface area contributed by atoms with Crippen LogP contribution >= 0.6 is 0 Å². The lowest BCUT2D eigenvalue weighted by Crippen LogP contribution is -2.68. The molecule has 3 fully saturated rings. The van der Waals surface area contributed by atoms with E-state index in [1.807, 2.05) is 0 Å². The molecule has 15 atom stereocenters. The van der Waals surface area contributed by atoms with E-state index in [9.17, 15) is 50.4 Å². The molecule has 17 heteroatoms. The predicted molar refractivity (Wildman–Crippen MR) is 123 cm³/mol. The Hall–Kier alpha value is -1.58. The topological polar surface area (TPSA) is 266 Å².